The zero-order chi connectivity index (χ0) is 31.0. The zero-order valence-corrected chi connectivity index (χ0v) is 24.5. The largest absolute Gasteiger partial charge is 0.461 e. The number of sulfonamides is 1. The van der Waals surface area contributed by atoms with E-state index in [0.717, 1.165) is 19.1 Å². The molecule has 0 fully saturated rings. The summed E-state index contributed by atoms with van der Waals surface area (Å²) in [4.78, 5) is 28.1. The minimum Gasteiger partial charge on any atom is -0.461 e. The van der Waals surface area contributed by atoms with E-state index in [2.05, 4.69) is 9.71 Å². The van der Waals surface area contributed by atoms with E-state index in [4.69, 9.17) is 9.47 Å². The summed E-state index contributed by atoms with van der Waals surface area (Å²) in [6.07, 6.45) is 1.40. The standard InChI is InChI=1S/C27H27F2N3O8S2/c1-5-39-27(34)22-13-19-20(14-32(4)26(33)25(19)30-22)18-12-17(31-42(37,38)15(3)41(35,36)6-2)8-10-23(18)40-24-9-7-16(28)11-21(24)29/h7-15,30-31H,5-6H2,1-4H3. The Hall–Kier alpha value is -4.24. The van der Waals surface area contributed by atoms with Crippen molar-refractivity contribution in [2.75, 3.05) is 17.1 Å². The van der Waals surface area contributed by atoms with Gasteiger partial charge in [0.25, 0.3) is 5.56 Å². The number of benzene rings is 2. The van der Waals surface area contributed by atoms with Gasteiger partial charge in [0.1, 0.15) is 22.8 Å². The Bertz CT molecular complexity index is 1970. The van der Waals surface area contributed by atoms with Crippen LogP contribution >= 0.6 is 0 Å². The number of aryl methyl sites for hydroxylation is 1. The van der Waals surface area contributed by atoms with Gasteiger partial charge in [-0.1, -0.05) is 6.92 Å². The number of aromatic amines is 1. The van der Waals surface area contributed by atoms with Crippen LogP contribution < -0.4 is 15.0 Å². The van der Waals surface area contributed by atoms with E-state index in [1.165, 1.54) is 49.0 Å². The highest BCUT2D eigenvalue weighted by atomic mass is 32.3. The first-order valence-corrected chi connectivity index (χ1v) is 15.8. The number of esters is 1. The van der Waals surface area contributed by atoms with Crippen molar-refractivity contribution in [1.82, 2.24) is 9.55 Å². The molecule has 0 saturated heterocycles. The predicted octanol–water partition coefficient (Wildman–Crippen LogP) is 4.30. The summed E-state index contributed by atoms with van der Waals surface area (Å²) in [6, 6.07) is 7.91. The lowest BCUT2D eigenvalue weighted by molar-refractivity contribution is 0.0520. The molecule has 2 N–H and O–H groups in total. The fourth-order valence-corrected chi connectivity index (χ4v) is 7.30. The highest BCUT2D eigenvalue weighted by Crippen LogP contribution is 2.39. The Morgan fingerprint density at radius 1 is 1.02 bits per heavy atom. The van der Waals surface area contributed by atoms with Crippen LogP contribution in [-0.2, 0) is 31.6 Å². The van der Waals surface area contributed by atoms with Crippen molar-refractivity contribution >= 4 is 42.4 Å². The van der Waals surface area contributed by atoms with Crippen molar-refractivity contribution < 1.29 is 39.9 Å². The Kier molecular flexibility index (Phi) is 8.46. The molecular formula is C27H27F2N3O8S2. The first-order valence-electron chi connectivity index (χ1n) is 12.6. The lowest BCUT2D eigenvalue weighted by Gasteiger charge is -2.18. The molecule has 11 nitrogen and oxygen atoms in total. The lowest BCUT2D eigenvalue weighted by atomic mass is 10.0. The topological polar surface area (TPSA) is 154 Å². The Labute approximate surface area is 240 Å². The number of carbonyl (C=O) groups is 1. The van der Waals surface area contributed by atoms with E-state index in [1.807, 2.05) is 0 Å². The number of sulfone groups is 1. The van der Waals surface area contributed by atoms with Crippen molar-refractivity contribution in [3.05, 3.63) is 76.3 Å². The monoisotopic (exact) mass is 623 g/mol. The van der Waals surface area contributed by atoms with Crippen molar-refractivity contribution in [2.24, 2.45) is 7.05 Å². The minimum absolute atomic E-state index is 0.0191. The summed E-state index contributed by atoms with van der Waals surface area (Å²) >= 11 is 0. The third-order valence-electron chi connectivity index (χ3n) is 6.45. The smallest absolute Gasteiger partial charge is 0.354 e. The van der Waals surface area contributed by atoms with Crippen LogP contribution in [0.15, 0.2) is 53.5 Å². The van der Waals surface area contributed by atoms with Crippen molar-refractivity contribution in [3.63, 3.8) is 0 Å². The van der Waals surface area contributed by atoms with E-state index >= 15 is 0 Å². The summed E-state index contributed by atoms with van der Waals surface area (Å²) in [7, 11) is -6.97. The van der Waals surface area contributed by atoms with E-state index in [1.54, 1.807) is 6.92 Å². The molecule has 224 valence electrons. The molecule has 0 amide bonds. The molecule has 1 unspecified atom stereocenters. The number of hydrogen-bond donors (Lipinski definition) is 2. The molecule has 1 atom stereocenters. The average molecular weight is 624 g/mol. The average Bonchev–Trinajstić information content (AvgIpc) is 3.38. The van der Waals surface area contributed by atoms with Gasteiger partial charge >= 0.3 is 5.97 Å². The SMILES string of the molecule is CCOC(=O)c1cc2c(-c3cc(NS(=O)(=O)C(C)S(=O)(=O)CC)ccc3Oc3ccc(F)cc3F)cn(C)c(=O)c2[nH]1. The van der Waals surface area contributed by atoms with Crippen LogP contribution in [0.2, 0.25) is 0 Å². The molecule has 0 radical (unpaired) electrons. The Morgan fingerprint density at radius 3 is 2.36 bits per heavy atom. The maximum atomic E-state index is 14.5. The highest BCUT2D eigenvalue weighted by Gasteiger charge is 2.32. The zero-order valence-electron chi connectivity index (χ0n) is 22.9. The molecule has 4 rings (SSSR count). The van der Waals surface area contributed by atoms with Gasteiger partial charge in [-0.3, -0.25) is 9.52 Å². The molecule has 0 spiro atoms. The molecule has 2 aromatic carbocycles. The number of fused-ring (bicyclic) bond motifs is 1. The van der Waals surface area contributed by atoms with Crippen LogP contribution in [0.25, 0.3) is 22.0 Å². The molecular weight excluding hydrogens is 596 g/mol. The second-order valence-corrected chi connectivity index (χ2v) is 14.1. The van der Waals surface area contributed by atoms with Gasteiger partial charge < -0.3 is 19.0 Å². The van der Waals surface area contributed by atoms with Crippen LogP contribution in [0.3, 0.4) is 0 Å². The second-order valence-electron chi connectivity index (χ2n) is 9.20. The van der Waals surface area contributed by atoms with Crippen molar-refractivity contribution in [2.45, 2.75) is 25.4 Å². The van der Waals surface area contributed by atoms with Crippen molar-refractivity contribution in [3.8, 4) is 22.6 Å². The van der Waals surface area contributed by atoms with E-state index in [9.17, 15) is 35.2 Å². The van der Waals surface area contributed by atoms with E-state index in [0.29, 0.717) is 6.07 Å². The van der Waals surface area contributed by atoms with Crippen molar-refractivity contribution in [1.29, 1.82) is 0 Å². The van der Waals surface area contributed by atoms with E-state index < -0.39 is 53.4 Å². The molecule has 0 bridgehead atoms. The number of ether oxygens (including phenoxy) is 2. The molecule has 42 heavy (non-hydrogen) atoms. The Morgan fingerprint density at radius 2 is 1.71 bits per heavy atom. The first kappa shape index (κ1) is 30.7. The maximum absolute atomic E-state index is 14.5. The fraction of sp³-hybridized carbons (Fsp3) is 0.259. The number of hydrogen-bond acceptors (Lipinski definition) is 8. The van der Waals surface area contributed by atoms with Gasteiger partial charge in [0.2, 0.25) is 10.0 Å². The van der Waals surface area contributed by atoms with Crippen LogP contribution in [0.4, 0.5) is 14.5 Å². The molecule has 0 saturated carbocycles. The van der Waals surface area contributed by atoms with Crippen LogP contribution in [0.1, 0.15) is 31.3 Å². The highest BCUT2D eigenvalue weighted by molar-refractivity contribution is 8.09. The quantitative estimate of drug-likeness (QED) is 0.248. The number of nitrogens with zero attached hydrogens (tertiary/aromatic N) is 1. The molecule has 15 heteroatoms. The van der Waals surface area contributed by atoms with Gasteiger partial charge in [-0.25, -0.2) is 30.4 Å². The van der Waals surface area contributed by atoms with E-state index in [-0.39, 0.29) is 51.5 Å². The summed E-state index contributed by atoms with van der Waals surface area (Å²) in [5.41, 5.74) is -0.193. The Balaban J connectivity index is 1.94. The van der Waals surface area contributed by atoms with Gasteiger partial charge in [-0.15, -0.1) is 0 Å². The normalized spacial score (nSPS) is 12.7. The number of halogens is 2. The van der Waals surface area contributed by atoms with Gasteiger partial charge in [-0.05, 0) is 50.2 Å². The van der Waals surface area contributed by atoms with Gasteiger partial charge in [0.15, 0.2) is 26.0 Å². The van der Waals surface area contributed by atoms with Crippen LogP contribution in [0, 0.1) is 11.6 Å². The minimum atomic E-state index is -4.44. The van der Waals surface area contributed by atoms with Crippen LogP contribution in [-0.4, -0.2) is 49.3 Å². The number of pyridine rings is 1. The predicted molar refractivity (Wildman–Crippen MR) is 153 cm³/mol. The fourth-order valence-electron chi connectivity index (χ4n) is 4.11. The molecule has 2 aromatic heterocycles. The summed E-state index contributed by atoms with van der Waals surface area (Å²) in [6.45, 7) is 4.06. The molecule has 0 aliphatic rings. The molecule has 0 aliphatic carbocycles. The summed E-state index contributed by atoms with van der Waals surface area (Å²) < 4.78 is 91.0. The number of nitrogens with one attached hydrogen (secondary N) is 2. The number of anilines is 1. The third-order valence-corrected chi connectivity index (χ3v) is 11.3. The molecule has 4 aromatic rings. The second kappa shape index (κ2) is 11.6. The molecule has 2 heterocycles. The number of rotatable bonds is 10. The number of H-pyrrole nitrogens is 1. The first-order chi connectivity index (χ1) is 19.7. The van der Waals surface area contributed by atoms with Crippen LogP contribution in [0.5, 0.6) is 11.5 Å². The van der Waals surface area contributed by atoms with Gasteiger partial charge in [-0.2, -0.15) is 0 Å². The molecule has 0 aliphatic heterocycles. The maximum Gasteiger partial charge on any atom is 0.354 e. The lowest BCUT2D eigenvalue weighted by Crippen LogP contribution is -2.33. The summed E-state index contributed by atoms with van der Waals surface area (Å²) in [5.74, 6) is -3.35. The number of aromatic nitrogens is 2. The third kappa shape index (κ3) is 6.01. The van der Waals surface area contributed by atoms with Gasteiger partial charge in [0.05, 0.1) is 6.61 Å². The summed E-state index contributed by atoms with van der Waals surface area (Å²) in [5, 5.41) is 0.229. The number of carbonyl (C=O) groups excluding carboxylic acids is 1. The van der Waals surface area contributed by atoms with Gasteiger partial charge in [0, 0.05) is 47.3 Å².